The molecule has 0 spiro atoms. The molecule has 20 heavy (non-hydrogen) atoms. The molecule has 9 heteroatoms. The van der Waals surface area contributed by atoms with E-state index in [9.17, 15) is 24.2 Å². The molecule has 0 aliphatic heterocycles. The Morgan fingerprint density at radius 3 is 2.00 bits per heavy atom. The van der Waals surface area contributed by atoms with Gasteiger partial charge in [-0.1, -0.05) is 58.5 Å². The fraction of sp³-hybridized carbons (Fsp3) is 0.909. The van der Waals surface area contributed by atoms with E-state index >= 15 is 0 Å². The van der Waals surface area contributed by atoms with E-state index in [-0.39, 0.29) is 6.42 Å². The average Bonchev–Trinajstić information content (AvgIpc) is 2.17. The average molecular weight is 391 g/mol. The van der Waals surface area contributed by atoms with Crippen LogP contribution in [0.5, 0.6) is 0 Å². The van der Waals surface area contributed by atoms with Crippen LogP contribution in [0, 0.1) is 0 Å². The van der Waals surface area contributed by atoms with Crippen LogP contribution in [0.1, 0.15) is 52.4 Å². The number of esters is 1. The highest BCUT2D eigenvalue weighted by Crippen LogP contribution is 3.01. The highest BCUT2D eigenvalue weighted by atomic mass is 79.9. The Kier molecular flexibility index (Phi) is 6.36. The SMILES string of the molecule is CCCCCCCC(C(Br)OC(C)=O)S(F)(F)(F)(F)F. The third-order valence-corrected chi connectivity index (χ3v) is 5.54. The third-order valence-electron chi connectivity index (χ3n) is 2.74. The maximum absolute atomic E-state index is 12.9. The molecule has 0 aromatic rings. The molecule has 0 saturated heterocycles. The molecule has 0 rings (SSSR count). The van der Waals surface area contributed by atoms with Crippen LogP contribution < -0.4 is 0 Å². The zero-order chi connectivity index (χ0) is 16.1. The molecular formula is C11H20BrF5O2S. The van der Waals surface area contributed by atoms with Gasteiger partial charge in [0.2, 0.25) is 0 Å². The maximum atomic E-state index is 12.9. The fourth-order valence-electron chi connectivity index (χ4n) is 1.74. The van der Waals surface area contributed by atoms with E-state index in [1.165, 1.54) is 0 Å². The van der Waals surface area contributed by atoms with Gasteiger partial charge in [-0.2, -0.15) is 0 Å². The van der Waals surface area contributed by atoms with E-state index in [0.717, 1.165) is 19.8 Å². The van der Waals surface area contributed by atoms with Gasteiger partial charge in [-0.05, 0) is 22.4 Å². The van der Waals surface area contributed by atoms with Crippen molar-refractivity contribution >= 4 is 32.1 Å². The van der Waals surface area contributed by atoms with E-state index in [0.29, 0.717) is 12.8 Å². The quantitative estimate of drug-likeness (QED) is 0.200. The van der Waals surface area contributed by atoms with Crippen molar-refractivity contribution in [1.82, 2.24) is 0 Å². The number of halogens is 6. The summed E-state index contributed by atoms with van der Waals surface area (Å²) in [6, 6.07) is 0. The first kappa shape index (κ1) is 19.9. The summed E-state index contributed by atoms with van der Waals surface area (Å²) in [5.41, 5.74) is 0. The summed E-state index contributed by atoms with van der Waals surface area (Å²) in [6.45, 7) is 2.81. The molecule has 0 aliphatic rings. The van der Waals surface area contributed by atoms with E-state index < -0.39 is 32.9 Å². The summed E-state index contributed by atoms with van der Waals surface area (Å²) in [4.78, 5) is 10.7. The molecule has 0 N–H and O–H groups in total. The van der Waals surface area contributed by atoms with Crippen LogP contribution in [0.15, 0.2) is 0 Å². The molecule has 2 atom stereocenters. The zero-order valence-electron chi connectivity index (χ0n) is 11.4. The number of rotatable bonds is 9. The lowest BCUT2D eigenvalue weighted by atomic mass is 10.1. The topological polar surface area (TPSA) is 26.3 Å². The number of unbranched alkanes of at least 4 members (excludes halogenated alkanes) is 4. The number of hydrogen-bond acceptors (Lipinski definition) is 2. The third kappa shape index (κ3) is 8.28. The molecule has 0 heterocycles. The van der Waals surface area contributed by atoms with Crippen LogP contribution in [0.2, 0.25) is 0 Å². The van der Waals surface area contributed by atoms with Gasteiger partial charge in [0.05, 0.1) is 0 Å². The van der Waals surface area contributed by atoms with Crippen molar-refractivity contribution in [3.05, 3.63) is 0 Å². The molecule has 0 bridgehead atoms. The zero-order valence-corrected chi connectivity index (χ0v) is 13.8. The van der Waals surface area contributed by atoms with E-state index in [1.54, 1.807) is 0 Å². The highest BCUT2D eigenvalue weighted by Gasteiger charge is 2.72. The summed E-state index contributed by atoms with van der Waals surface area (Å²) in [5, 5.41) is -5.01. The van der Waals surface area contributed by atoms with Gasteiger partial charge in [0.25, 0.3) is 10.2 Å². The second-order valence-electron chi connectivity index (χ2n) is 4.73. The second-order valence-corrected chi connectivity index (χ2v) is 8.30. The van der Waals surface area contributed by atoms with Gasteiger partial charge >= 0.3 is 5.97 Å². The van der Waals surface area contributed by atoms with Crippen molar-refractivity contribution in [3.63, 3.8) is 0 Å². The smallest absolute Gasteiger partial charge is 0.303 e. The molecule has 0 radical (unpaired) electrons. The molecule has 0 aliphatic carbocycles. The number of hydrogen-bond donors (Lipinski definition) is 0. The van der Waals surface area contributed by atoms with Crippen LogP contribution in [0.3, 0.4) is 0 Å². The molecule has 0 fully saturated rings. The van der Waals surface area contributed by atoms with Gasteiger partial charge in [-0.15, -0.1) is 0 Å². The Morgan fingerprint density at radius 1 is 1.10 bits per heavy atom. The first-order valence-corrected chi connectivity index (χ1v) is 9.25. The molecule has 0 aromatic heterocycles. The summed E-state index contributed by atoms with van der Waals surface area (Å²) in [7, 11) is -9.72. The predicted molar refractivity (Wildman–Crippen MR) is 74.8 cm³/mol. The number of carbonyl (C=O) groups is 1. The van der Waals surface area contributed by atoms with Gasteiger partial charge in [-0.25, -0.2) is 0 Å². The Balaban J connectivity index is 4.79. The Bertz CT molecular complexity index is 332. The van der Waals surface area contributed by atoms with Gasteiger partial charge in [-0.3, -0.25) is 4.79 Å². The lowest BCUT2D eigenvalue weighted by Gasteiger charge is -2.48. The molecule has 0 aromatic carbocycles. The first-order chi connectivity index (χ1) is 8.77. The van der Waals surface area contributed by atoms with Crippen LogP contribution in [-0.4, -0.2) is 16.2 Å². The molecule has 0 amide bonds. The van der Waals surface area contributed by atoms with Crippen molar-refractivity contribution in [2.45, 2.75) is 62.6 Å². The minimum absolute atomic E-state index is 0.0135. The minimum atomic E-state index is -9.72. The molecule has 2 nitrogen and oxygen atoms in total. The fourth-order valence-corrected chi connectivity index (χ4v) is 4.56. The summed E-state index contributed by atoms with van der Waals surface area (Å²) in [6.07, 6.45) is 2.15. The molecular weight excluding hydrogens is 371 g/mol. The normalized spacial score (nSPS) is 18.8. The minimum Gasteiger partial charge on any atom is -0.449 e. The summed E-state index contributed by atoms with van der Waals surface area (Å²) >= 11 is 2.42. The number of alkyl halides is 1. The van der Waals surface area contributed by atoms with Crippen molar-refractivity contribution in [2.75, 3.05) is 0 Å². The molecule has 2 unspecified atom stereocenters. The lowest BCUT2D eigenvalue weighted by Crippen LogP contribution is -2.36. The Labute approximate surface area is 124 Å². The first-order valence-electron chi connectivity index (χ1n) is 6.32. The molecule has 0 saturated carbocycles. The van der Waals surface area contributed by atoms with E-state index in [1.807, 2.05) is 6.92 Å². The maximum Gasteiger partial charge on any atom is 0.303 e. The Hall–Kier alpha value is -0.0500. The predicted octanol–water partition coefficient (Wildman–Crippen LogP) is 6.30. The summed E-state index contributed by atoms with van der Waals surface area (Å²) in [5.74, 6) is -1.04. The lowest BCUT2D eigenvalue weighted by molar-refractivity contribution is -0.142. The van der Waals surface area contributed by atoms with E-state index in [4.69, 9.17) is 0 Å². The van der Waals surface area contributed by atoms with Crippen LogP contribution in [-0.2, 0) is 9.53 Å². The highest BCUT2D eigenvalue weighted by molar-refractivity contribution is 9.09. The van der Waals surface area contributed by atoms with E-state index in [2.05, 4.69) is 20.7 Å². The molecule has 124 valence electrons. The largest absolute Gasteiger partial charge is 0.449 e. The van der Waals surface area contributed by atoms with Crippen molar-refractivity contribution in [3.8, 4) is 0 Å². The standard InChI is InChI=1S/C11H20BrF5O2S/c1-3-4-5-6-7-8-10(11(12)19-9(2)18)20(13,14,15,16)17/h10-11H,3-8H2,1-2H3. The number of carbonyl (C=O) groups excluding carboxylic acids is 1. The van der Waals surface area contributed by atoms with Crippen molar-refractivity contribution < 1.29 is 29.0 Å². The van der Waals surface area contributed by atoms with Gasteiger partial charge < -0.3 is 4.74 Å². The van der Waals surface area contributed by atoms with Crippen molar-refractivity contribution in [1.29, 1.82) is 0 Å². The van der Waals surface area contributed by atoms with Crippen LogP contribution in [0.25, 0.3) is 0 Å². The van der Waals surface area contributed by atoms with Crippen molar-refractivity contribution in [2.24, 2.45) is 0 Å². The van der Waals surface area contributed by atoms with Crippen LogP contribution >= 0.6 is 26.2 Å². The van der Waals surface area contributed by atoms with Crippen LogP contribution in [0.4, 0.5) is 19.4 Å². The van der Waals surface area contributed by atoms with Gasteiger partial charge in [0.1, 0.15) is 5.25 Å². The number of ether oxygens (including phenoxy) is 1. The second kappa shape index (κ2) is 6.37. The summed E-state index contributed by atoms with van der Waals surface area (Å²) < 4.78 is 68.9. The van der Waals surface area contributed by atoms with Gasteiger partial charge in [0.15, 0.2) is 5.01 Å². The Morgan fingerprint density at radius 2 is 1.60 bits per heavy atom. The van der Waals surface area contributed by atoms with Gasteiger partial charge in [0, 0.05) is 6.92 Å². The monoisotopic (exact) mass is 390 g/mol.